The smallest absolute Gasteiger partial charge is 0.223 e. The van der Waals surface area contributed by atoms with Gasteiger partial charge < -0.3 is 20.7 Å². The number of aliphatic imine (C=N–C) groups is 1. The lowest BCUT2D eigenvalue weighted by Crippen LogP contribution is -2.41. The molecule has 3 N–H and O–H groups in total. The van der Waals surface area contributed by atoms with Gasteiger partial charge in [-0.2, -0.15) is 0 Å². The molecule has 0 bridgehead atoms. The third-order valence-corrected chi connectivity index (χ3v) is 5.59. The number of amides is 1. The van der Waals surface area contributed by atoms with Crippen LogP contribution in [0.2, 0.25) is 0 Å². The number of ether oxygens (including phenoxy) is 1. The molecule has 0 aromatic rings. The first kappa shape index (κ1) is 23.5. The lowest BCUT2D eigenvalue weighted by atomic mass is 9.67. The summed E-state index contributed by atoms with van der Waals surface area (Å²) in [5.41, 5.74) is 0.342. The summed E-state index contributed by atoms with van der Waals surface area (Å²) >= 11 is 0. The first-order valence-electron chi connectivity index (χ1n) is 9.98. The number of nitrogens with zero attached hydrogens (tertiary/aromatic N) is 1. The number of carbonyl (C=O) groups excluding carboxylic acids is 1. The maximum Gasteiger partial charge on any atom is 0.223 e. The Labute approximate surface area is 175 Å². The SMILES string of the molecule is CCNC(=NCC1(CCOC)CCC1)NCCCNC(=O)C1CCC1.I. The average molecular weight is 480 g/mol. The van der Waals surface area contributed by atoms with E-state index in [9.17, 15) is 4.79 Å². The molecule has 1 amide bonds. The molecule has 0 heterocycles. The maximum absolute atomic E-state index is 11.8. The maximum atomic E-state index is 11.8. The largest absolute Gasteiger partial charge is 0.385 e. The summed E-state index contributed by atoms with van der Waals surface area (Å²) in [6.07, 6.45) is 9.16. The van der Waals surface area contributed by atoms with Gasteiger partial charge in [0.2, 0.25) is 5.91 Å². The van der Waals surface area contributed by atoms with E-state index in [0.29, 0.717) is 5.41 Å². The number of nitrogens with one attached hydrogen (secondary N) is 3. The first-order valence-corrected chi connectivity index (χ1v) is 9.98. The zero-order chi connectivity index (χ0) is 18.0. The van der Waals surface area contributed by atoms with Gasteiger partial charge in [0.05, 0.1) is 0 Å². The lowest BCUT2D eigenvalue weighted by molar-refractivity contribution is -0.127. The van der Waals surface area contributed by atoms with Crippen molar-refractivity contribution in [1.29, 1.82) is 0 Å². The molecule has 0 radical (unpaired) electrons. The van der Waals surface area contributed by atoms with Crippen LogP contribution in [0.5, 0.6) is 0 Å². The van der Waals surface area contributed by atoms with Crippen LogP contribution in [0.1, 0.15) is 58.3 Å². The van der Waals surface area contributed by atoms with Gasteiger partial charge in [-0.15, -0.1) is 24.0 Å². The molecule has 0 saturated heterocycles. The fraction of sp³-hybridized carbons (Fsp3) is 0.895. The summed E-state index contributed by atoms with van der Waals surface area (Å²) in [4.78, 5) is 16.6. The second-order valence-electron chi connectivity index (χ2n) is 7.49. The van der Waals surface area contributed by atoms with Gasteiger partial charge in [-0.1, -0.05) is 12.8 Å². The number of methoxy groups -OCH3 is 1. The number of rotatable bonds is 11. The third-order valence-electron chi connectivity index (χ3n) is 5.59. The molecule has 0 aromatic heterocycles. The number of halogens is 1. The molecule has 0 aromatic carbocycles. The lowest BCUT2D eigenvalue weighted by Gasteiger charge is -2.40. The summed E-state index contributed by atoms with van der Waals surface area (Å²) in [6.45, 7) is 6.18. The van der Waals surface area contributed by atoms with E-state index in [2.05, 4.69) is 22.9 Å². The van der Waals surface area contributed by atoms with Gasteiger partial charge in [-0.25, -0.2) is 0 Å². The van der Waals surface area contributed by atoms with Crippen molar-refractivity contribution in [3.05, 3.63) is 0 Å². The fourth-order valence-corrected chi connectivity index (χ4v) is 3.39. The summed E-state index contributed by atoms with van der Waals surface area (Å²) in [7, 11) is 1.77. The van der Waals surface area contributed by atoms with Gasteiger partial charge in [0.1, 0.15) is 0 Å². The predicted molar refractivity (Wildman–Crippen MR) is 117 cm³/mol. The monoisotopic (exact) mass is 480 g/mol. The molecular formula is C19H37IN4O2. The highest BCUT2D eigenvalue weighted by molar-refractivity contribution is 14.0. The summed E-state index contributed by atoms with van der Waals surface area (Å²) in [6, 6.07) is 0. The first-order chi connectivity index (χ1) is 12.2. The van der Waals surface area contributed by atoms with E-state index in [1.165, 1.54) is 25.7 Å². The molecule has 2 aliphatic carbocycles. The van der Waals surface area contributed by atoms with Crippen molar-refractivity contribution in [2.75, 3.05) is 39.9 Å². The van der Waals surface area contributed by atoms with Crippen molar-refractivity contribution < 1.29 is 9.53 Å². The Balaban J connectivity index is 0.00000338. The van der Waals surface area contributed by atoms with Crippen LogP contribution in [0.15, 0.2) is 4.99 Å². The molecule has 0 atom stereocenters. The molecule has 2 saturated carbocycles. The molecule has 2 fully saturated rings. The Hall–Kier alpha value is -0.570. The van der Waals surface area contributed by atoms with Gasteiger partial charge in [-0.3, -0.25) is 9.79 Å². The molecule has 2 aliphatic rings. The van der Waals surface area contributed by atoms with Crippen molar-refractivity contribution >= 4 is 35.8 Å². The minimum atomic E-state index is 0. The Morgan fingerprint density at radius 2 is 1.88 bits per heavy atom. The summed E-state index contributed by atoms with van der Waals surface area (Å²) in [5.74, 6) is 1.39. The number of guanidine groups is 1. The van der Waals surface area contributed by atoms with Crippen molar-refractivity contribution in [2.24, 2.45) is 16.3 Å². The highest BCUT2D eigenvalue weighted by Gasteiger charge is 2.36. The van der Waals surface area contributed by atoms with Crippen LogP contribution in [-0.2, 0) is 9.53 Å². The van der Waals surface area contributed by atoms with Crippen LogP contribution in [0.4, 0.5) is 0 Å². The van der Waals surface area contributed by atoms with Gasteiger partial charge in [-0.05, 0) is 50.9 Å². The molecule has 152 valence electrons. The Bertz CT molecular complexity index is 437. The highest BCUT2D eigenvalue weighted by atomic mass is 127. The van der Waals surface area contributed by atoms with E-state index in [-0.39, 0.29) is 35.8 Å². The van der Waals surface area contributed by atoms with Gasteiger partial charge in [0.25, 0.3) is 0 Å². The van der Waals surface area contributed by atoms with Crippen LogP contribution in [-0.4, -0.2) is 51.8 Å². The number of hydrogen-bond acceptors (Lipinski definition) is 3. The standard InChI is InChI=1S/C19H36N4O2.HI/c1-3-20-18(23-15-19(9-5-10-19)11-14-25-2)22-13-6-12-21-17(24)16-7-4-8-16;/h16H,3-15H2,1-2H3,(H,21,24)(H2,20,22,23);1H. The quantitative estimate of drug-likeness (QED) is 0.184. The van der Waals surface area contributed by atoms with Crippen LogP contribution in [0.25, 0.3) is 0 Å². The third kappa shape index (κ3) is 7.58. The van der Waals surface area contributed by atoms with E-state index in [0.717, 1.165) is 64.4 Å². The van der Waals surface area contributed by atoms with Crippen LogP contribution >= 0.6 is 24.0 Å². The van der Waals surface area contributed by atoms with Gasteiger partial charge in [0.15, 0.2) is 5.96 Å². The van der Waals surface area contributed by atoms with E-state index in [1.54, 1.807) is 7.11 Å². The summed E-state index contributed by atoms with van der Waals surface area (Å²) in [5, 5.41) is 9.74. The summed E-state index contributed by atoms with van der Waals surface area (Å²) < 4.78 is 5.25. The van der Waals surface area contributed by atoms with Crippen molar-refractivity contribution in [3.8, 4) is 0 Å². The topological polar surface area (TPSA) is 74.8 Å². The zero-order valence-corrected chi connectivity index (χ0v) is 18.8. The van der Waals surface area contributed by atoms with Crippen LogP contribution in [0.3, 0.4) is 0 Å². The number of carbonyl (C=O) groups is 1. The van der Waals surface area contributed by atoms with E-state index >= 15 is 0 Å². The minimum Gasteiger partial charge on any atom is -0.385 e. The zero-order valence-electron chi connectivity index (χ0n) is 16.4. The molecule has 7 heteroatoms. The van der Waals surface area contributed by atoms with E-state index in [1.807, 2.05) is 0 Å². The Kier molecular flexibility index (Phi) is 11.5. The molecule has 6 nitrogen and oxygen atoms in total. The van der Waals surface area contributed by atoms with E-state index < -0.39 is 0 Å². The van der Waals surface area contributed by atoms with Crippen molar-refractivity contribution in [2.45, 2.75) is 58.3 Å². The van der Waals surface area contributed by atoms with Crippen LogP contribution in [0, 0.1) is 11.3 Å². The highest BCUT2D eigenvalue weighted by Crippen LogP contribution is 2.44. The van der Waals surface area contributed by atoms with Gasteiger partial charge in [0, 0.05) is 45.8 Å². The Morgan fingerprint density at radius 3 is 2.42 bits per heavy atom. The molecular weight excluding hydrogens is 443 g/mol. The average Bonchev–Trinajstić information content (AvgIpc) is 2.51. The molecule has 2 rings (SSSR count). The molecule has 26 heavy (non-hydrogen) atoms. The molecule has 0 unspecified atom stereocenters. The number of hydrogen-bond donors (Lipinski definition) is 3. The predicted octanol–water partition coefficient (Wildman–Crippen LogP) is 2.67. The van der Waals surface area contributed by atoms with E-state index in [4.69, 9.17) is 9.73 Å². The normalized spacial score (nSPS) is 18.9. The molecule has 0 aliphatic heterocycles. The molecule has 0 spiro atoms. The van der Waals surface area contributed by atoms with Crippen LogP contribution < -0.4 is 16.0 Å². The van der Waals surface area contributed by atoms with Crippen molar-refractivity contribution in [3.63, 3.8) is 0 Å². The second-order valence-corrected chi connectivity index (χ2v) is 7.49. The van der Waals surface area contributed by atoms with Crippen molar-refractivity contribution in [1.82, 2.24) is 16.0 Å². The minimum absolute atomic E-state index is 0. The fourth-order valence-electron chi connectivity index (χ4n) is 3.39. The second kappa shape index (κ2) is 12.8. The van der Waals surface area contributed by atoms with Gasteiger partial charge >= 0.3 is 0 Å². The Morgan fingerprint density at radius 1 is 1.15 bits per heavy atom.